The number of para-hydroxylation sites is 4. The van der Waals surface area contributed by atoms with Crippen LogP contribution in [0, 0.1) is 0 Å². The van der Waals surface area contributed by atoms with Gasteiger partial charge in [-0.2, -0.15) is 0 Å². The summed E-state index contributed by atoms with van der Waals surface area (Å²) in [5.74, 6) is 0. The molecule has 0 amide bonds. The number of rotatable bonds is 2. The summed E-state index contributed by atoms with van der Waals surface area (Å²) in [4.78, 5) is 15.0. The van der Waals surface area contributed by atoms with Gasteiger partial charge in [-0.05, 0) is 104 Å². The summed E-state index contributed by atoms with van der Waals surface area (Å²) in [7, 11) is 0. The van der Waals surface area contributed by atoms with Crippen molar-refractivity contribution in [2.24, 2.45) is 0 Å². The largest absolute Gasteiger partial charge is 0.456 e. The van der Waals surface area contributed by atoms with Crippen LogP contribution < -0.4 is 9.80 Å². The molecule has 4 aliphatic rings. The third-order valence-electron chi connectivity index (χ3n) is 14.6. The molecule has 0 saturated carbocycles. The Morgan fingerprint density at radius 2 is 1.09 bits per heavy atom. The maximum Gasteiger partial charge on any atom is 0.137 e. The average Bonchev–Trinajstić information content (AvgIpc) is 4.14. The third-order valence-corrected chi connectivity index (χ3v) is 15.9. The molecule has 4 aromatic heterocycles. The highest BCUT2D eigenvalue weighted by atomic mass is 32.1. The summed E-state index contributed by atoms with van der Waals surface area (Å²) in [5.41, 5.74) is 19.8. The maximum atomic E-state index is 6.59. The van der Waals surface area contributed by atoms with Crippen molar-refractivity contribution in [3.63, 3.8) is 0 Å². The lowest BCUT2D eigenvalue weighted by molar-refractivity contribution is 0.669. The van der Waals surface area contributed by atoms with Crippen molar-refractivity contribution in [1.82, 2.24) is 9.97 Å². The molecule has 0 radical (unpaired) electrons. The normalized spacial score (nSPS) is 14.5. The van der Waals surface area contributed by atoms with Gasteiger partial charge in [-0.3, -0.25) is 9.97 Å². The molecule has 65 heavy (non-hydrogen) atoms. The van der Waals surface area contributed by atoms with E-state index in [1.54, 1.807) is 0 Å². The van der Waals surface area contributed by atoms with Crippen molar-refractivity contribution >= 4 is 110 Å². The van der Waals surface area contributed by atoms with Crippen LogP contribution in [-0.4, -0.2) is 9.97 Å². The van der Waals surface area contributed by atoms with Gasteiger partial charge >= 0.3 is 0 Å². The molecule has 3 aliphatic carbocycles. The molecule has 0 N–H and O–H groups in total. The first kappa shape index (κ1) is 34.2. The van der Waals surface area contributed by atoms with Gasteiger partial charge in [0, 0.05) is 56.0 Å². The van der Waals surface area contributed by atoms with Crippen LogP contribution in [0.3, 0.4) is 0 Å². The van der Waals surface area contributed by atoms with Gasteiger partial charge in [0.05, 0.1) is 49.9 Å². The van der Waals surface area contributed by atoms with Crippen LogP contribution in [0.15, 0.2) is 187 Å². The number of fused-ring (bicyclic) bond motifs is 18. The number of hydrogen-bond acceptors (Lipinski definition) is 6. The van der Waals surface area contributed by atoms with E-state index in [-0.39, 0.29) is 0 Å². The van der Waals surface area contributed by atoms with Gasteiger partial charge in [0.25, 0.3) is 0 Å². The zero-order valence-electron chi connectivity index (χ0n) is 34.6. The lowest BCUT2D eigenvalue weighted by atomic mass is 9.61. The smallest absolute Gasteiger partial charge is 0.137 e. The molecular formula is C59H32N4OS. The third kappa shape index (κ3) is 4.11. The second-order valence-electron chi connectivity index (χ2n) is 17.6. The highest BCUT2D eigenvalue weighted by molar-refractivity contribution is 7.27. The van der Waals surface area contributed by atoms with Gasteiger partial charge in [0.1, 0.15) is 11.2 Å². The zero-order valence-corrected chi connectivity index (χ0v) is 35.4. The number of pyridine rings is 2. The minimum absolute atomic E-state index is 0.604. The predicted molar refractivity (Wildman–Crippen MR) is 268 cm³/mol. The van der Waals surface area contributed by atoms with E-state index in [2.05, 4.69) is 186 Å². The van der Waals surface area contributed by atoms with Gasteiger partial charge in [0.2, 0.25) is 0 Å². The summed E-state index contributed by atoms with van der Waals surface area (Å²) in [5, 5.41) is 7.36. The second kappa shape index (κ2) is 12.0. The topological polar surface area (TPSA) is 45.4 Å². The maximum absolute atomic E-state index is 6.59. The molecule has 5 heterocycles. The first-order valence-corrected chi connectivity index (χ1v) is 23.0. The quantitative estimate of drug-likeness (QED) is 0.173. The first-order valence-electron chi connectivity index (χ1n) is 22.1. The molecule has 8 aromatic carbocycles. The molecule has 1 aliphatic heterocycles. The van der Waals surface area contributed by atoms with Crippen LogP contribution in [-0.2, 0) is 5.41 Å². The monoisotopic (exact) mass is 844 g/mol. The fourth-order valence-electron chi connectivity index (χ4n) is 12.1. The van der Waals surface area contributed by atoms with Crippen molar-refractivity contribution in [3.05, 3.63) is 216 Å². The minimum atomic E-state index is -0.604. The summed E-state index contributed by atoms with van der Waals surface area (Å²) >= 11 is 1.92. The van der Waals surface area contributed by atoms with Crippen LogP contribution in [0.1, 0.15) is 33.4 Å². The van der Waals surface area contributed by atoms with Crippen LogP contribution in [0.25, 0.3) is 87.6 Å². The van der Waals surface area contributed by atoms with Gasteiger partial charge in [-0.1, -0.05) is 121 Å². The van der Waals surface area contributed by atoms with E-state index in [0.717, 1.165) is 67.5 Å². The Morgan fingerprint density at radius 3 is 1.91 bits per heavy atom. The summed E-state index contributed by atoms with van der Waals surface area (Å²) in [6.45, 7) is 0. The number of nitrogens with zero attached hydrogens (tertiary/aromatic N) is 4. The molecular weight excluding hydrogens is 813 g/mol. The fraction of sp³-hybridized carbons (Fsp3) is 0.0169. The van der Waals surface area contributed by atoms with Crippen LogP contribution in [0.5, 0.6) is 0 Å². The number of thiophene rings is 1. The van der Waals surface area contributed by atoms with E-state index in [9.17, 15) is 0 Å². The van der Waals surface area contributed by atoms with Gasteiger partial charge in [-0.25, -0.2) is 0 Å². The molecule has 6 heteroatoms. The molecule has 12 aromatic rings. The van der Waals surface area contributed by atoms with E-state index in [1.807, 2.05) is 29.8 Å². The Morgan fingerprint density at radius 1 is 0.431 bits per heavy atom. The van der Waals surface area contributed by atoms with Gasteiger partial charge in [-0.15, -0.1) is 11.3 Å². The second-order valence-corrected chi connectivity index (χ2v) is 18.6. The van der Waals surface area contributed by atoms with Crippen molar-refractivity contribution in [1.29, 1.82) is 0 Å². The Hall–Kier alpha value is -8.32. The minimum Gasteiger partial charge on any atom is -0.456 e. The van der Waals surface area contributed by atoms with Crippen molar-refractivity contribution in [3.8, 4) is 22.5 Å². The average molecular weight is 845 g/mol. The lowest BCUT2D eigenvalue weighted by Gasteiger charge is -2.40. The highest BCUT2D eigenvalue weighted by Gasteiger charge is 2.52. The molecule has 0 saturated heterocycles. The van der Waals surface area contributed by atoms with E-state index >= 15 is 0 Å². The first-order chi connectivity index (χ1) is 32.3. The molecule has 1 spiro atoms. The number of hydrogen-bond donors (Lipinski definition) is 0. The number of aromatic nitrogens is 2. The SMILES string of the molecule is C1=Cc2ccc3c4c(ccc1c24)-c1c(ccc2c1sc1c(N4c5ccccc5N(c5ccccc5)c5cc6oc7ccccc7c6cc54)cccc12)C31c2cccnc2-c2ncccc21. The van der Waals surface area contributed by atoms with E-state index < -0.39 is 5.41 Å². The van der Waals surface area contributed by atoms with Crippen LogP contribution >= 0.6 is 11.3 Å². The van der Waals surface area contributed by atoms with Gasteiger partial charge < -0.3 is 14.2 Å². The van der Waals surface area contributed by atoms with Gasteiger partial charge in [0.15, 0.2) is 0 Å². The standard InChI is InChI=1S/C59H32N4OS/c1-2-11-35(12-3-1)62-45-17-5-6-18-46(45)63(48-31-40-36-13-4-7-20-50(36)64-51(40)32-49(48)62)47-19-8-14-37-38-26-28-42-54(58(38)65-57(37)47)39-25-23-33-21-22-34-24-27-41(53(39)52(33)34)59(42)43-15-9-29-60-55(43)56-44(59)16-10-30-61-56/h1-32H. The van der Waals surface area contributed by atoms with E-state index in [4.69, 9.17) is 14.4 Å². The van der Waals surface area contributed by atoms with Crippen LogP contribution in [0.2, 0.25) is 0 Å². The number of benzene rings is 8. The zero-order chi connectivity index (χ0) is 42.1. The molecule has 300 valence electrons. The Balaban J connectivity index is 1.02. The predicted octanol–water partition coefficient (Wildman–Crippen LogP) is 16.0. The van der Waals surface area contributed by atoms with Crippen LogP contribution in [0.4, 0.5) is 34.1 Å². The Labute approximate surface area is 376 Å². The molecule has 0 atom stereocenters. The molecule has 0 unspecified atom stereocenters. The summed E-state index contributed by atoms with van der Waals surface area (Å²) in [6.07, 6.45) is 8.38. The number of furan rings is 1. The van der Waals surface area contributed by atoms with E-state index in [0.29, 0.717) is 0 Å². The molecule has 5 nitrogen and oxygen atoms in total. The fourth-order valence-corrected chi connectivity index (χ4v) is 13.5. The number of anilines is 6. The molecule has 16 rings (SSSR count). The molecule has 0 bridgehead atoms. The Kier molecular flexibility index (Phi) is 6.33. The van der Waals surface area contributed by atoms with Crippen molar-refractivity contribution in [2.45, 2.75) is 5.41 Å². The molecule has 0 fully saturated rings. The summed E-state index contributed by atoms with van der Waals surface area (Å²) in [6, 6.07) is 62.4. The highest BCUT2D eigenvalue weighted by Crippen LogP contribution is 2.64. The Bertz CT molecular complexity index is 4100. The van der Waals surface area contributed by atoms with Crippen molar-refractivity contribution < 1.29 is 4.42 Å². The lowest BCUT2D eigenvalue weighted by Crippen LogP contribution is -2.32. The van der Waals surface area contributed by atoms with E-state index in [1.165, 1.54) is 75.5 Å². The summed E-state index contributed by atoms with van der Waals surface area (Å²) < 4.78 is 9.12. The van der Waals surface area contributed by atoms with Crippen molar-refractivity contribution in [2.75, 3.05) is 9.80 Å².